The number of phenolic OH excluding ortho intramolecular Hbond substituents is 1. The van der Waals surface area contributed by atoms with Gasteiger partial charge in [0.15, 0.2) is 0 Å². The molecule has 6 nitrogen and oxygen atoms in total. The number of hydrogen-bond acceptors (Lipinski definition) is 4. The minimum atomic E-state index is -0.376. The smallest absolute Gasteiger partial charge is 0.251 e. The standard InChI is InChI=1S/C18H17N3O3/c1-21(12-14-3-2-4-16(22)9-14)17(23)11-20-18(24)15-7-5-13(10-19)6-8-15/h2-9,22H,11-12H2,1H3,(H,20,24). The number of amides is 2. The number of rotatable bonds is 5. The average molecular weight is 323 g/mol. The number of carbonyl (C=O) groups is 2. The maximum Gasteiger partial charge on any atom is 0.251 e. The third kappa shape index (κ3) is 4.58. The zero-order valence-corrected chi connectivity index (χ0v) is 13.2. The highest BCUT2D eigenvalue weighted by molar-refractivity contribution is 5.96. The molecule has 0 heterocycles. The van der Waals surface area contributed by atoms with Crippen LogP contribution >= 0.6 is 0 Å². The number of phenols is 1. The van der Waals surface area contributed by atoms with Gasteiger partial charge in [0.2, 0.25) is 5.91 Å². The minimum Gasteiger partial charge on any atom is -0.508 e. The monoisotopic (exact) mass is 323 g/mol. The second kappa shape index (κ2) is 7.79. The molecule has 0 unspecified atom stereocenters. The number of likely N-dealkylation sites (N-methyl/N-ethyl adjacent to an activating group) is 1. The van der Waals surface area contributed by atoms with Crippen LogP contribution in [0.4, 0.5) is 0 Å². The van der Waals surface area contributed by atoms with E-state index in [1.54, 1.807) is 43.4 Å². The lowest BCUT2D eigenvalue weighted by Gasteiger charge is -2.17. The Labute approximate surface area is 139 Å². The van der Waals surface area contributed by atoms with Gasteiger partial charge in [-0.2, -0.15) is 5.26 Å². The zero-order valence-electron chi connectivity index (χ0n) is 13.2. The van der Waals surface area contributed by atoms with E-state index in [0.717, 1.165) is 5.56 Å². The predicted molar refractivity (Wildman–Crippen MR) is 88.1 cm³/mol. The van der Waals surface area contributed by atoms with Gasteiger partial charge < -0.3 is 15.3 Å². The van der Waals surface area contributed by atoms with Crippen molar-refractivity contribution in [3.05, 3.63) is 65.2 Å². The Morgan fingerprint density at radius 1 is 1.21 bits per heavy atom. The van der Waals surface area contributed by atoms with Crippen molar-refractivity contribution in [3.8, 4) is 11.8 Å². The molecular weight excluding hydrogens is 306 g/mol. The molecule has 122 valence electrons. The number of nitriles is 1. The Hall–Kier alpha value is -3.33. The molecule has 0 aliphatic rings. The first-order valence-electron chi connectivity index (χ1n) is 7.30. The Bertz CT molecular complexity index is 779. The number of carbonyl (C=O) groups excluding carboxylic acids is 2. The van der Waals surface area contributed by atoms with Crippen molar-refractivity contribution in [2.45, 2.75) is 6.54 Å². The third-order valence-corrected chi connectivity index (χ3v) is 3.43. The molecule has 2 N–H and O–H groups in total. The van der Waals surface area contributed by atoms with Crippen molar-refractivity contribution in [2.75, 3.05) is 13.6 Å². The van der Waals surface area contributed by atoms with Gasteiger partial charge in [0, 0.05) is 19.2 Å². The summed E-state index contributed by atoms with van der Waals surface area (Å²) in [5.41, 5.74) is 1.65. The van der Waals surface area contributed by atoms with Gasteiger partial charge >= 0.3 is 0 Å². The summed E-state index contributed by atoms with van der Waals surface area (Å²) in [6, 6.07) is 14.8. The quantitative estimate of drug-likeness (QED) is 0.875. The van der Waals surface area contributed by atoms with Crippen LogP contribution in [0.5, 0.6) is 5.75 Å². The van der Waals surface area contributed by atoms with Crippen LogP contribution in [0, 0.1) is 11.3 Å². The fraction of sp³-hybridized carbons (Fsp3) is 0.167. The van der Waals surface area contributed by atoms with E-state index in [2.05, 4.69) is 5.32 Å². The van der Waals surface area contributed by atoms with Crippen LogP contribution < -0.4 is 5.32 Å². The van der Waals surface area contributed by atoms with E-state index in [9.17, 15) is 14.7 Å². The second-order valence-electron chi connectivity index (χ2n) is 5.29. The zero-order chi connectivity index (χ0) is 17.5. The lowest BCUT2D eigenvalue weighted by atomic mass is 10.1. The van der Waals surface area contributed by atoms with Gasteiger partial charge in [0.1, 0.15) is 5.75 Å². The fourth-order valence-corrected chi connectivity index (χ4v) is 2.11. The maximum absolute atomic E-state index is 12.1. The Balaban J connectivity index is 1.87. The second-order valence-corrected chi connectivity index (χ2v) is 5.29. The van der Waals surface area contributed by atoms with Crippen molar-refractivity contribution >= 4 is 11.8 Å². The summed E-state index contributed by atoms with van der Waals surface area (Å²) in [5, 5.41) is 20.7. The number of hydrogen-bond donors (Lipinski definition) is 2. The lowest BCUT2D eigenvalue weighted by molar-refractivity contribution is -0.129. The van der Waals surface area contributed by atoms with Crippen molar-refractivity contribution in [3.63, 3.8) is 0 Å². The van der Waals surface area contributed by atoms with E-state index < -0.39 is 0 Å². The summed E-state index contributed by atoms with van der Waals surface area (Å²) >= 11 is 0. The highest BCUT2D eigenvalue weighted by atomic mass is 16.3. The van der Waals surface area contributed by atoms with Crippen molar-refractivity contribution in [2.24, 2.45) is 0 Å². The molecule has 2 aromatic rings. The summed E-state index contributed by atoms with van der Waals surface area (Å²) in [5.74, 6) is -0.485. The summed E-state index contributed by atoms with van der Waals surface area (Å²) in [6.07, 6.45) is 0. The molecule has 0 atom stereocenters. The molecule has 0 aromatic heterocycles. The van der Waals surface area contributed by atoms with Crippen LogP contribution in [0.15, 0.2) is 48.5 Å². The van der Waals surface area contributed by atoms with Gasteiger partial charge in [-0.15, -0.1) is 0 Å². The predicted octanol–water partition coefficient (Wildman–Crippen LogP) is 1.65. The van der Waals surface area contributed by atoms with Crippen LogP contribution in [-0.2, 0) is 11.3 Å². The Morgan fingerprint density at radius 2 is 1.92 bits per heavy atom. The van der Waals surface area contributed by atoms with Gasteiger partial charge in [-0.3, -0.25) is 9.59 Å². The van der Waals surface area contributed by atoms with Crippen molar-refractivity contribution in [1.29, 1.82) is 5.26 Å². The molecule has 0 radical (unpaired) electrons. The van der Waals surface area contributed by atoms with Crippen LogP contribution in [0.2, 0.25) is 0 Å². The molecule has 0 saturated heterocycles. The summed E-state index contributed by atoms with van der Waals surface area (Å²) in [7, 11) is 1.63. The Morgan fingerprint density at radius 3 is 2.54 bits per heavy atom. The summed E-state index contributed by atoms with van der Waals surface area (Å²) < 4.78 is 0. The molecule has 0 fully saturated rings. The molecule has 2 amide bonds. The first-order chi connectivity index (χ1) is 11.5. The van der Waals surface area contributed by atoms with Crippen LogP contribution in [0.25, 0.3) is 0 Å². The molecule has 0 spiro atoms. The first kappa shape index (κ1) is 17.0. The van der Waals surface area contributed by atoms with E-state index in [0.29, 0.717) is 17.7 Å². The van der Waals surface area contributed by atoms with Gasteiger partial charge in [-0.1, -0.05) is 12.1 Å². The topological polar surface area (TPSA) is 93.4 Å². The molecular formula is C18H17N3O3. The fourth-order valence-electron chi connectivity index (χ4n) is 2.11. The third-order valence-electron chi connectivity index (χ3n) is 3.43. The van der Waals surface area contributed by atoms with Gasteiger partial charge in [-0.25, -0.2) is 0 Å². The van der Waals surface area contributed by atoms with Crippen molar-refractivity contribution in [1.82, 2.24) is 10.2 Å². The SMILES string of the molecule is CN(Cc1cccc(O)c1)C(=O)CNC(=O)c1ccc(C#N)cc1. The highest BCUT2D eigenvalue weighted by Crippen LogP contribution is 2.12. The number of benzene rings is 2. The molecule has 6 heteroatoms. The van der Waals surface area contributed by atoms with Crippen LogP contribution in [0.3, 0.4) is 0 Å². The van der Waals surface area contributed by atoms with Crippen LogP contribution in [-0.4, -0.2) is 35.4 Å². The molecule has 24 heavy (non-hydrogen) atoms. The molecule has 2 rings (SSSR count). The maximum atomic E-state index is 12.1. The molecule has 0 aliphatic carbocycles. The lowest BCUT2D eigenvalue weighted by Crippen LogP contribution is -2.37. The largest absolute Gasteiger partial charge is 0.508 e. The molecule has 0 aliphatic heterocycles. The van der Waals surface area contributed by atoms with Gasteiger partial charge in [-0.05, 0) is 42.0 Å². The number of nitrogens with zero attached hydrogens (tertiary/aromatic N) is 2. The highest BCUT2D eigenvalue weighted by Gasteiger charge is 2.12. The normalized spacial score (nSPS) is 9.83. The van der Waals surface area contributed by atoms with E-state index in [1.807, 2.05) is 6.07 Å². The molecule has 0 bridgehead atoms. The van der Waals surface area contributed by atoms with E-state index in [4.69, 9.17) is 5.26 Å². The van der Waals surface area contributed by atoms with E-state index in [-0.39, 0.29) is 24.1 Å². The minimum absolute atomic E-state index is 0.131. The van der Waals surface area contributed by atoms with Gasteiger partial charge in [0.05, 0.1) is 18.2 Å². The number of nitrogens with one attached hydrogen (secondary N) is 1. The van der Waals surface area contributed by atoms with Crippen molar-refractivity contribution < 1.29 is 14.7 Å². The number of aromatic hydroxyl groups is 1. The summed E-state index contributed by atoms with van der Waals surface area (Å²) in [6.45, 7) is 0.203. The molecule has 0 saturated carbocycles. The summed E-state index contributed by atoms with van der Waals surface area (Å²) in [4.78, 5) is 25.5. The van der Waals surface area contributed by atoms with Gasteiger partial charge in [0.25, 0.3) is 5.91 Å². The van der Waals surface area contributed by atoms with E-state index in [1.165, 1.54) is 17.0 Å². The average Bonchev–Trinajstić information content (AvgIpc) is 2.59. The Kier molecular flexibility index (Phi) is 5.53. The van der Waals surface area contributed by atoms with Crippen LogP contribution in [0.1, 0.15) is 21.5 Å². The molecule has 2 aromatic carbocycles. The first-order valence-corrected chi connectivity index (χ1v) is 7.30. The van der Waals surface area contributed by atoms with E-state index >= 15 is 0 Å².